The van der Waals surface area contributed by atoms with Crippen molar-refractivity contribution in [2.45, 2.75) is 6.18 Å². The van der Waals surface area contributed by atoms with Gasteiger partial charge in [-0.05, 0) is 12.1 Å². The molecule has 3 aromatic rings. The molecule has 9 heteroatoms. The molecule has 6 nitrogen and oxygen atoms in total. The first-order chi connectivity index (χ1) is 9.97. The first kappa shape index (κ1) is 13.2. The van der Waals surface area contributed by atoms with E-state index in [-0.39, 0.29) is 23.2 Å². The molecule has 0 saturated heterocycles. The van der Waals surface area contributed by atoms with E-state index in [9.17, 15) is 13.2 Å². The van der Waals surface area contributed by atoms with E-state index in [0.29, 0.717) is 0 Å². The Balaban J connectivity index is 2.12. The normalized spacial score (nSPS) is 11.8. The Morgan fingerprint density at radius 2 is 1.95 bits per heavy atom. The quantitative estimate of drug-likeness (QED) is 0.731. The number of hydrogen-bond acceptors (Lipinski definition) is 6. The summed E-state index contributed by atoms with van der Waals surface area (Å²) < 4.78 is 49.0. The standard InChI is InChI=1S/C12H7F3N4O2/c13-12(14,15)8-6(2-1-3-7(8)16)10-18-9(19-21-10)11-17-4-5-20-11/h1-5H,16H2. The third-order valence-electron chi connectivity index (χ3n) is 2.66. The molecule has 2 aromatic heterocycles. The van der Waals surface area contributed by atoms with Crippen LogP contribution in [-0.2, 0) is 6.18 Å². The predicted molar refractivity (Wildman–Crippen MR) is 64.6 cm³/mol. The Morgan fingerprint density at radius 3 is 2.62 bits per heavy atom. The number of nitrogen functional groups attached to an aromatic ring is 1. The van der Waals surface area contributed by atoms with Crippen LogP contribution in [0.4, 0.5) is 18.9 Å². The van der Waals surface area contributed by atoms with Gasteiger partial charge in [0.2, 0.25) is 0 Å². The van der Waals surface area contributed by atoms with Gasteiger partial charge in [0.15, 0.2) is 0 Å². The third kappa shape index (κ3) is 2.33. The Kier molecular flexibility index (Phi) is 2.89. The van der Waals surface area contributed by atoms with Gasteiger partial charge in [0.25, 0.3) is 17.6 Å². The maximum absolute atomic E-state index is 13.1. The first-order valence-corrected chi connectivity index (χ1v) is 5.66. The molecule has 0 amide bonds. The summed E-state index contributed by atoms with van der Waals surface area (Å²) in [4.78, 5) is 7.63. The molecule has 0 bridgehead atoms. The zero-order valence-corrected chi connectivity index (χ0v) is 10.3. The molecule has 0 fully saturated rings. The van der Waals surface area contributed by atoms with Crippen LogP contribution >= 0.6 is 0 Å². The van der Waals surface area contributed by atoms with Crippen molar-refractivity contribution in [2.24, 2.45) is 0 Å². The van der Waals surface area contributed by atoms with Gasteiger partial charge < -0.3 is 14.7 Å². The summed E-state index contributed by atoms with van der Waals surface area (Å²) in [6.07, 6.45) is -2.00. The van der Waals surface area contributed by atoms with Crippen molar-refractivity contribution in [1.29, 1.82) is 0 Å². The Hall–Kier alpha value is -2.84. The van der Waals surface area contributed by atoms with Gasteiger partial charge in [-0.3, -0.25) is 0 Å². The zero-order valence-electron chi connectivity index (χ0n) is 10.3. The van der Waals surface area contributed by atoms with E-state index in [1.165, 1.54) is 24.6 Å². The molecular weight excluding hydrogens is 289 g/mol. The average Bonchev–Trinajstić information content (AvgIpc) is 3.08. The molecule has 0 aliphatic heterocycles. The highest BCUT2D eigenvalue weighted by Gasteiger charge is 2.37. The van der Waals surface area contributed by atoms with Gasteiger partial charge in [-0.2, -0.15) is 18.2 Å². The summed E-state index contributed by atoms with van der Waals surface area (Å²) in [7, 11) is 0. The maximum atomic E-state index is 13.1. The lowest BCUT2D eigenvalue weighted by Gasteiger charge is -2.12. The van der Waals surface area contributed by atoms with E-state index in [0.717, 1.165) is 6.07 Å². The van der Waals surface area contributed by atoms with E-state index >= 15 is 0 Å². The average molecular weight is 296 g/mol. The molecule has 0 aliphatic rings. The number of nitrogens with zero attached hydrogens (tertiary/aromatic N) is 3. The highest BCUT2D eigenvalue weighted by molar-refractivity contribution is 5.69. The number of benzene rings is 1. The van der Waals surface area contributed by atoms with Gasteiger partial charge in [-0.1, -0.05) is 11.2 Å². The topological polar surface area (TPSA) is 91.0 Å². The number of halogens is 3. The van der Waals surface area contributed by atoms with Crippen molar-refractivity contribution in [2.75, 3.05) is 5.73 Å². The summed E-state index contributed by atoms with van der Waals surface area (Å²) in [6, 6.07) is 3.72. The number of nitrogens with two attached hydrogens (primary N) is 1. The molecule has 3 rings (SSSR count). The molecule has 108 valence electrons. The molecule has 0 unspecified atom stereocenters. The van der Waals surface area contributed by atoms with Gasteiger partial charge in [0.1, 0.15) is 6.26 Å². The predicted octanol–water partition coefficient (Wildman–Crippen LogP) is 2.99. The van der Waals surface area contributed by atoms with Crippen molar-refractivity contribution in [3.8, 4) is 23.2 Å². The monoisotopic (exact) mass is 296 g/mol. The number of aromatic nitrogens is 3. The summed E-state index contributed by atoms with van der Waals surface area (Å²) >= 11 is 0. The summed E-state index contributed by atoms with van der Waals surface area (Å²) in [5, 5.41) is 3.54. The van der Waals surface area contributed by atoms with Crippen LogP contribution in [0.25, 0.3) is 23.2 Å². The van der Waals surface area contributed by atoms with Crippen LogP contribution in [0.15, 0.2) is 39.6 Å². The van der Waals surface area contributed by atoms with Crippen LogP contribution in [0, 0.1) is 0 Å². The van der Waals surface area contributed by atoms with Crippen LogP contribution < -0.4 is 5.73 Å². The second-order valence-electron chi connectivity index (χ2n) is 4.03. The van der Waals surface area contributed by atoms with Crippen molar-refractivity contribution >= 4 is 5.69 Å². The fourth-order valence-electron chi connectivity index (χ4n) is 1.82. The van der Waals surface area contributed by atoms with Crippen LogP contribution in [0.1, 0.15) is 5.56 Å². The Labute approximate surface area is 115 Å². The lowest BCUT2D eigenvalue weighted by atomic mass is 10.0. The number of hydrogen-bond donors (Lipinski definition) is 1. The van der Waals surface area contributed by atoms with Gasteiger partial charge >= 0.3 is 6.18 Å². The lowest BCUT2D eigenvalue weighted by Crippen LogP contribution is -2.11. The second-order valence-corrected chi connectivity index (χ2v) is 4.03. The van der Waals surface area contributed by atoms with Crippen molar-refractivity contribution in [1.82, 2.24) is 15.1 Å². The molecule has 0 spiro atoms. The molecule has 1 aromatic carbocycles. The minimum absolute atomic E-state index is 0.0439. The minimum Gasteiger partial charge on any atom is -0.442 e. The fraction of sp³-hybridized carbons (Fsp3) is 0.0833. The molecule has 0 saturated carbocycles. The molecule has 0 radical (unpaired) electrons. The van der Waals surface area contributed by atoms with E-state index < -0.39 is 17.4 Å². The summed E-state index contributed by atoms with van der Waals surface area (Å²) in [5.74, 6) is -0.323. The number of anilines is 1. The van der Waals surface area contributed by atoms with E-state index in [2.05, 4.69) is 15.1 Å². The van der Waals surface area contributed by atoms with Gasteiger partial charge in [-0.15, -0.1) is 0 Å². The molecule has 0 atom stereocenters. The highest BCUT2D eigenvalue weighted by Crippen LogP contribution is 2.40. The maximum Gasteiger partial charge on any atom is 0.419 e. The lowest BCUT2D eigenvalue weighted by molar-refractivity contribution is -0.136. The van der Waals surface area contributed by atoms with E-state index in [1.807, 2.05) is 0 Å². The molecule has 2 N–H and O–H groups in total. The zero-order chi connectivity index (χ0) is 15.0. The molecule has 21 heavy (non-hydrogen) atoms. The largest absolute Gasteiger partial charge is 0.442 e. The minimum atomic E-state index is -4.64. The molecular formula is C12H7F3N4O2. The van der Waals surface area contributed by atoms with Crippen LogP contribution in [0.2, 0.25) is 0 Å². The van der Waals surface area contributed by atoms with E-state index in [1.54, 1.807) is 0 Å². The SMILES string of the molecule is Nc1cccc(-c2nc(-c3ncco3)no2)c1C(F)(F)F. The molecule has 2 heterocycles. The van der Waals surface area contributed by atoms with Crippen molar-refractivity contribution in [3.63, 3.8) is 0 Å². The Morgan fingerprint density at radius 1 is 1.14 bits per heavy atom. The van der Waals surface area contributed by atoms with Gasteiger partial charge in [0, 0.05) is 5.69 Å². The third-order valence-corrected chi connectivity index (χ3v) is 2.66. The van der Waals surface area contributed by atoms with Crippen molar-refractivity contribution < 1.29 is 22.1 Å². The molecule has 0 aliphatic carbocycles. The van der Waals surface area contributed by atoms with E-state index in [4.69, 9.17) is 14.7 Å². The number of oxazole rings is 1. The van der Waals surface area contributed by atoms with Gasteiger partial charge in [0.05, 0.1) is 17.3 Å². The highest BCUT2D eigenvalue weighted by atomic mass is 19.4. The van der Waals surface area contributed by atoms with Crippen LogP contribution in [0.3, 0.4) is 0 Å². The fourth-order valence-corrected chi connectivity index (χ4v) is 1.82. The van der Waals surface area contributed by atoms with Crippen molar-refractivity contribution in [3.05, 3.63) is 36.2 Å². The first-order valence-electron chi connectivity index (χ1n) is 5.66. The van der Waals surface area contributed by atoms with Gasteiger partial charge in [-0.25, -0.2) is 4.98 Å². The smallest absolute Gasteiger partial charge is 0.419 e. The number of rotatable bonds is 2. The second kappa shape index (κ2) is 4.62. The number of alkyl halides is 3. The summed E-state index contributed by atoms with van der Waals surface area (Å²) in [6.45, 7) is 0. The van der Waals surface area contributed by atoms with Crippen LogP contribution in [0.5, 0.6) is 0 Å². The Bertz CT molecular complexity index is 765. The summed E-state index contributed by atoms with van der Waals surface area (Å²) in [5.41, 5.74) is 3.67. The van der Waals surface area contributed by atoms with Crippen LogP contribution in [-0.4, -0.2) is 15.1 Å².